The largest absolute Gasteiger partial charge is 0.267 e. The van der Waals surface area contributed by atoms with Crippen LogP contribution in [-0.4, -0.2) is 26.4 Å². The van der Waals surface area contributed by atoms with Crippen molar-refractivity contribution < 1.29 is 0 Å². The van der Waals surface area contributed by atoms with Gasteiger partial charge in [-0.3, -0.25) is 3.97 Å². The molecule has 0 bridgehead atoms. The maximum absolute atomic E-state index is 4.18. The fraction of sp³-hybridized carbons (Fsp3) is 0.348. The minimum Gasteiger partial charge on any atom is -0.267 e. The van der Waals surface area contributed by atoms with Crippen molar-refractivity contribution >= 4 is 12.1 Å². The van der Waals surface area contributed by atoms with Crippen molar-refractivity contribution in [3.8, 4) is 0 Å². The lowest BCUT2D eigenvalue weighted by atomic mass is 9.76. The minimum atomic E-state index is 0.506. The number of rotatable bonds is 3. The highest BCUT2D eigenvalue weighted by atomic mass is 32.2. The molecule has 5 rings (SSSR count). The third kappa shape index (κ3) is 3.44. The highest BCUT2D eigenvalue weighted by Gasteiger charge is 2.33. The lowest BCUT2D eigenvalue weighted by Gasteiger charge is -2.37. The van der Waals surface area contributed by atoms with E-state index in [0.717, 1.165) is 25.9 Å². The molecule has 2 aromatic carbocycles. The second-order valence-corrected chi connectivity index (χ2v) is 8.77. The number of aryl methyl sites for hydroxylation is 2. The fourth-order valence-electron chi connectivity index (χ4n) is 4.82. The predicted molar refractivity (Wildman–Crippen MR) is 112 cm³/mol. The molecule has 3 aromatic rings. The molecule has 138 valence electrons. The number of hydrogen-bond donors (Lipinski definition) is 0. The second-order valence-electron chi connectivity index (χ2n) is 7.67. The second kappa shape index (κ2) is 7.53. The Morgan fingerprint density at radius 3 is 2.30 bits per heavy atom. The Balaban J connectivity index is 1.49. The van der Waals surface area contributed by atoms with E-state index in [4.69, 9.17) is 0 Å². The number of piperidine rings is 1. The number of hydrogen-bond acceptors (Lipinski definition) is 3. The van der Waals surface area contributed by atoms with Crippen LogP contribution in [0.25, 0.3) is 0 Å². The van der Waals surface area contributed by atoms with Crippen LogP contribution < -0.4 is 0 Å². The summed E-state index contributed by atoms with van der Waals surface area (Å²) in [5.74, 6) is 1.15. The average molecular weight is 376 g/mol. The van der Waals surface area contributed by atoms with Gasteiger partial charge in [0.25, 0.3) is 0 Å². The molecule has 1 saturated heterocycles. The van der Waals surface area contributed by atoms with Crippen LogP contribution in [0.2, 0.25) is 0 Å². The van der Waals surface area contributed by atoms with Crippen molar-refractivity contribution in [1.82, 2.24) is 13.3 Å². The van der Waals surface area contributed by atoms with Gasteiger partial charge in [-0.15, -0.1) is 0 Å². The van der Waals surface area contributed by atoms with Gasteiger partial charge in [0, 0.05) is 43.5 Å². The molecule has 27 heavy (non-hydrogen) atoms. The molecule has 0 N–H and O–H groups in total. The number of aromatic nitrogens is 2. The van der Waals surface area contributed by atoms with Gasteiger partial charge in [-0.1, -0.05) is 48.5 Å². The van der Waals surface area contributed by atoms with Crippen LogP contribution >= 0.6 is 12.1 Å². The van der Waals surface area contributed by atoms with Crippen LogP contribution in [0.5, 0.6) is 0 Å². The molecule has 0 amide bonds. The van der Waals surface area contributed by atoms with E-state index in [9.17, 15) is 0 Å². The lowest BCUT2D eigenvalue weighted by molar-refractivity contribution is 0.263. The Morgan fingerprint density at radius 1 is 0.926 bits per heavy atom. The molecule has 0 saturated carbocycles. The maximum atomic E-state index is 4.18. The van der Waals surface area contributed by atoms with Gasteiger partial charge in [0.15, 0.2) is 0 Å². The van der Waals surface area contributed by atoms with E-state index >= 15 is 0 Å². The van der Waals surface area contributed by atoms with Crippen molar-refractivity contribution in [2.75, 3.05) is 13.1 Å². The van der Waals surface area contributed by atoms with Gasteiger partial charge in [0.2, 0.25) is 0 Å². The first-order valence-corrected chi connectivity index (χ1v) is 10.7. The number of nitrogens with zero attached hydrogens (tertiary/aromatic N) is 3. The summed E-state index contributed by atoms with van der Waals surface area (Å²) in [5.41, 5.74) is 6.19. The summed E-state index contributed by atoms with van der Waals surface area (Å²) >= 11 is 1.79. The summed E-state index contributed by atoms with van der Waals surface area (Å²) in [5, 5.41) is 0. The summed E-state index contributed by atoms with van der Waals surface area (Å²) in [6, 6.07) is 18.3. The van der Waals surface area contributed by atoms with Gasteiger partial charge in [0.1, 0.15) is 6.33 Å². The number of imidazole rings is 1. The molecule has 1 aliphatic heterocycles. The standard InChI is InChI=1S/C23H25N3S/c1-3-9-21-18(6-1)11-12-19-7-2-4-10-22(19)23(21)20-8-5-14-25(16-20)27-26-15-13-24-17-26/h1-4,6-7,9-10,13,15,17,20,23H,5,8,11-12,14,16H2. The maximum Gasteiger partial charge on any atom is 0.106 e. The van der Waals surface area contributed by atoms with Crippen LogP contribution in [0, 0.1) is 5.92 Å². The molecule has 2 aliphatic rings. The Bertz CT molecular complexity index is 858. The summed E-state index contributed by atoms with van der Waals surface area (Å²) in [6.07, 6.45) is 10.6. The van der Waals surface area contributed by atoms with E-state index in [1.165, 1.54) is 24.0 Å². The molecular formula is C23H25N3S. The van der Waals surface area contributed by atoms with Gasteiger partial charge >= 0.3 is 0 Å². The first-order valence-electron chi connectivity index (χ1n) is 9.95. The van der Waals surface area contributed by atoms with Crippen LogP contribution in [0.15, 0.2) is 67.3 Å². The van der Waals surface area contributed by atoms with Gasteiger partial charge in [0.05, 0.1) is 0 Å². The Kier molecular flexibility index (Phi) is 4.76. The summed E-state index contributed by atoms with van der Waals surface area (Å²) in [7, 11) is 0. The van der Waals surface area contributed by atoms with E-state index in [0.29, 0.717) is 11.8 Å². The first kappa shape index (κ1) is 17.1. The topological polar surface area (TPSA) is 21.1 Å². The Hall–Kier alpha value is -2.04. The first-order chi connectivity index (χ1) is 13.4. The van der Waals surface area contributed by atoms with Crippen LogP contribution in [0.4, 0.5) is 0 Å². The Labute approximate surface area is 165 Å². The quantitative estimate of drug-likeness (QED) is 0.605. The summed E-state index contributed by atoms with van der Waals surface area (Å²) < 4.78 is 4.63. The van der Waals surface area contributed by atoms with Crippen molar-refractivity contribution in [2.45, 2.75) is 31.6 Å². The van der Waals surface area contributed by atoms with E-state index in [-0.39, 0.29) is 0 Å². The minimum absolute atomic E-state index is 0.506. The third-order valence-electron chi connectivity index (χ3n) is 6.03. The van der Waals surface area contributed by atoms with Crippen molar-refractivity contribution in [2.24, 2.45) is 5.92 Å². The fourth-order valence-corrected chi connectivity index (χ4v) is 5.77. The SMILES string of the molecule is c1ccc2c(c1)CCc1ccccc1C2C1CCCN(Sn2ccnc2)C1. The van der Waals surface area contributed by atoms with Crippen molar-refractivity contribution in [1.29, 1.82) is 0 Å². The molecule has 1 unspecified atom stereocenters. The zero-order valence-electron chi connectivity index (χ0n) is 15.5. The molecule has 1 aromatic heterocycles. The average Bonchev–Trinajstić information content (AvgIpc) is 3.15. The molecule has 2 heterocycles. The van der Waals surface area contributed by atoms with Gasteiger partial charge in [-0.25, -0.2) is 9.29 Å². The molecule has 4 heteroatoms. The van der Waals surface area contributed by atoms with E-state index in [2.05, 4.69) is 61.8 Å². The van der Waals surface area contributed by atoms with Crippen LogP contribution in [0.3, 0.4) is 0 Å². The molecule has 1 fully saturated rings. The highest BCUT2D eigenvalue weighted by Crippen LogP contribution is 2.43. The van der Waals surface area contributed by atoms with E-state index in [1.807, 2.05) is 18.7 Å². The normalized spacial score (nSPS) is 20.7. The predicted octanol–water partition coefficient (Wildman–Crippen LogP) is 4.94. The van der Waals surface area contributed by atoms with Gasteiger partial charge < -0.3 is 0 Å². The third-order valence-corrected chi connectivity index (χ3v) is 6.99. The van der Waals surface area contributed by atoms with Crippen molar-refractivity contribution in [3.63, 3.8) is 0 Å². The van der Waals surface area contributed by atoms with Crippen LogP contribution in [-0.2, 0) is 12.8 Å². The monoisotopic (exact) mass is 375 g/mol. The van der Waals surface area contributed by atoms with E-state index in [1.54, 1.807) is 23.3 Å². The summed E-state index contributed by atoms with van der Waals surface area (Å²) in [6.45, 7) is 2.27. The number of benzene rings is 2. The molecule has 0 radical (unpaired) electrons. The van der Waals surface area contributed by atoms with Gasteiger partial charge in [-0.05, 0) is 53.9 Å². The molecule has 3 nitrogen and oxygen atoms in total. The molecule has 1 aliphatic carbocycles. The number of fused-ring (bicyclic) bond motifs is 2. The zero-order valence-corrected chi connectivity index (χ0v) is 16.3. The van der Waals surface area contributed by atoms with E-state index < -0.39 is 0 Å². The van der Waals surface area contributed by atoms with Crippen molar-refractivity contribution in [3.05, 3.63) is 89.5 Å². The zero-order chi connectivity index (χ0) is 18.1. The van der Waals surface area contributed by atoms with Gasteiger partial charge in [-0.2, -0.15) is 0 Å². The molecular weight excluding hydrogens is 350 g/mol. The Morgan fingerprint density at radius 2 is 1.63 bits per heavy atom. The smallest absolute Gasteiger partial charge is 0.106 e. The van der Waals surface area contributed by atoms with Crippen LogP contribution in [0.1, 0.15) is 41.0 Å². The lowest BCUT2D eigenvalue weighted by Crippen LogP contribution is -2.35. The summed E-state index contributed by atoms with van der Waals surface area (Å²) in [4.78, 5) is 4.18. The molecule has 0 spiro atoms. The molecule has 1 atom stereocenters. The highest BCUT2D eigenvalue weighted by molar-refractivity contribution is 7.95.